The van der Waals surface area contributed by atoms with Crippen LogP contribution in [0, 0.1) is 0 Å². The number of para-hydroxylation sites is 1. The predicted molar refractivity (Wildman–Crippen MR) is 119 cm³/mol. The second kappa shape index (κ2) is 7.67. The first-order valence-corrected chi connectivity index (χ1v) is 10.6. The van der Waals surface area contributed by atoms with Gasteiger partial charge in [0.2, 0.25) is 0 Å². The second-order valence-corrected chi connectivity index (χ2v) is 7.81. The van der Waals surface area contributed by atoms with Crippen molar-refractivity contribution in [3.63, 3.8) is 0 Å². The van der Waals surface area contributed by atoms with Crippen LogP contribution in [-0.4, -0.2) is 40.3 Å². The molecule has 5 rings (SSSR count). The zero-order valence-electron chi connectivity index (χ0n) is 17.5. The highest BCUT2D eigenvalue weighted by Crippen LogP contribution is 2.38. The third-order valence-electron chi connectivity index (χ3n) is 5.98. The Morgan fingerprint density at radius 1 is 1.09 bits per heavy atom. The number of fused-ring (bicyclic) bond motifs is 3. The molecule has 0 aliphatic carbocycles. The fourth-order valence-electron chi connectivity index (χ4n) is 4.48. The summed E-state index contributed by atoms with van der Waals surface area (Å²) in [5.74, 6) is 0. The maximum Gasteiger partial charge on any atom is 0.418 e. The van der Waals surface area contributed by atoms with E-state index in [9.17, 15) is 18.0 Å². The quantitative estimate of drug-likeness (QED) is 0.526. The van der Waals surface area contributed by atoms with Gasteiger partial charge >= 0.3 is 11.9 Å². The Morgan fingerprint density at radius 3 is 2.56 bits per heavy atom. The molecule has 9 heteroatoms. The molecular weight excluding hydrogens is 419 g/mol. The molecule has 4 aromatic rings. The molecule has 166 valence electrons. The molecule has 0 bridgehead atoms. The van der Waals surface area contributed by atoms with E-state index in [-0.39, 0.29) is 17.1 Å². The van der Waals surface area contributed by atoms with Crippen molar-refractivity contribution in [1.29, 1.82) is 0 Å². The van der Waals surface area contributed by atoms with Crippen LogP contribution in [-0.2, 0) is 12.7 Å². The average Bonchev–Trinajstić information content (AvgIpc) is 3.10. The molecule has 3 heterocycles. The Bertz CT molecular complexity index is 1370. The molecule has 0 spiro atoms. The summed E-state index contributed by atoms with van der Waals surface area (Å²) in [4.78, 5) is 19.5. The molecule has 0 unspecified atom stereocenters. The number of imidazole rings is 1. The maximum atomic E-state index is 14.1. The highest BCUT2D eigenvalue weighted by Gasteiger charge is 2.36. The van der Waals surface area contributed by atoms with Crippen molar-refractivity contribution in [3.05, 3.63) is 64.7 Å². The largest absolute Gasteiger partial charge is 0.418 e. The lowest BCUT2D eigenvalue weighted by Gasteiger charge is -2.31. The van der Waals surface area contributed by atoms with Crippen LogP contribution in [0.15, 0.2) is 53.5 Å². The van der Waals surface area contributed by atoms with Gasteiger partial charge in [-0.1, -0.05) is 18.2 Å². The minimum atomic E-state index is -4.55. The molecule has 0 amide bonds. The van der Waals surface area contributed by atoms with Crippen LogP contribution in [0.1, 0.15) is 12.5 Å². The summed E-state index contributed by atoms with van der Waals surface area (Å²) in [5, 5.41) is 3.87. The standard InChI is InChI=1S/C23H22F3N5O/c1-2-30-20-14-28-18-6-4-3-5-16(18)21(20)31(22(30)32)15-7-8-19(17(13-15)23(24,25)26)29-11-9-27-10-12-29/h3-8,13-14,27H,2,9-12H2,1H3. The molecule has 1 N–H and O–H groups in total. The second-order valence-electron chi connectivity index (χ2n) is 7.81. The molecule has 1 saturated heterocycles. The number of hydrogen-bond donors (Lipinski definition) is 1. The van der Waals surface area contributed by atoms with Crippen LogP contribution in [0.3, 0.4) is 0 Å². The van der Waals surface area contributed by atoms with Crippen LogP contribution in [0.25, 0.3) is 27.6 Å². The van der Waals surface area contributed by atoms with Gasteiger partial charge in [-0.2, -0.15) is 13.2 Å². The van der Waals surface area contributed by atoms with Gasteiger partial charge < -0.3 is 10.2 Å². The van der Waals surface area contributed by atoms with E-state index in [1.807, 2.05) is 31.2 Å². The average molecular weight is 441 g/mol. The van der Waals surface area contributed by atoms with E-state index < -0.39 is 11.7 Å². The molecule has 1 aliphatic rings. The Labute approximate surface area is 181 Å². The highest BCUT2D eigenvalue weighted by molar-refractivity contribution is 6.03. The van der Waals surface area contributed by atoms with Crippen molar-refractivity contribution in [2.24, 2.45) is 0 Å². The van der Waals surface area contributed by atoms with Crippen molar-refractivity contribution in [2.45, 2.75) is 19.6 Å². The fourth-order valence-corrected chi connectivity index (χ4v) is 4.48. The van der Waals surface area contributed by atoms with Crippen molar-refractivity contribution < 1.29 is 13.2 Å². The minimum Gasteiger partial charge on any atom is -0.368 e. The van der Waals surface area contributed by atoms with E-state index in [1.165, 1.54) is 15.2 Å². The summed E-state index contributed by atoms with van der Waals surface area (Å²) >= 11 is 0. The van der Waals surface area contributed by atoms with E-state index in [4.69, 9.17) is 0 Å². The number of rotatable bonds is 3. The first-order chi connectivity index (χ1) is 15.4. The molecule has 0 atom stereocenters. The summed E-state index contributed by atoms with van der Waals surface area (Å²) in [6.07, 6.45) is -2.94. The van der Waals surface area contributed by atoms with Crippen molar-refractivity contribution in [1.82, 2.24) is 19.4 Å². The van der Waals surface area contributed by atoms with E-state index in [1.54, 1.807) is 17.2 Å². The Kier molecular flexibility index (Phi) is 4.93. The molecule has 0 radical (unpaired) electrons. The molecule has 0 saturated carbocycles. The number of halogens is 3. The number of alkyl halides is 3. The van der Waals surface area contributed by atoms with Crippen LogP contribution >= 0.6 is 0 Å². The van der Waals surface area contributed by atoms with Crippen LogP contribution in [0.4, 0.5) is 18.9 Å². The zero-order valence-corrected chi connectivity index (χ0v) is 17.5. The lowest BCUT2D eigenvalue weighted by molar-refractivity contribution is -0.137. The summed E-state index contributed by atoms with van der Waals surface area (Å²) < 4.78 is 45.2. The van der Waals surface area contributed by atoms with E-state index in [0.717, 1.165) is 6.07 Å². The Balaban J connectivity index is 1.80. The van der Waals surface area contributed by atoms with Crippen molar-refractivity contribution >= 4 is 27.6 Å². The predicted octanol–water partition coefficient (Wildman–Crippen LogP) is 3.79. The lowest BCUT2D eigenvalue weighted by atomic mass is 10.1. The van der Waals surface area contributed by atoms with Gasteiger partial charge in [0.1, 0.15) is 0 Å². The van der Waals surface area contributed by atoms with Gasteiger partial charge in [-0.05, 0) is 31.2 Å². The Hall–Kier alpha value is -3.33. The number of piperazine rings is 1. The van der Waals surface area contributed by atoms with Crippen LogP contribution in [0.5, 0.6) is 0 Å². The summed E-state index contributed by atoms with van der Waals surface area (Å²) in [7, 11) is 0. The summed E-state index contributed by atoms with van der Waals surface area (Å²) in [6.45, 7) is 4.45. The van der Waals surface area contributed by atoms with Gasteiger partial charge in [0.15, 0.2) is 0 Å². The van der Waals surface area contributed by atoms with Crippen LogP contribution < -0.4 is 15.9 Å². The number of benzene rings is 2. The number of aromatic nitrogens is 3. The number of anilines is 1. The smallest absolute Gasteiger partial charge is 0.368 e. The zero-order chi connectivity index (χ0) is 22.5. The molecule has 2 aromatic heterocycles. The van der Waals surface area contributed by atoms with Crippen molar-refractivity contribution in [2.75, 3.05) is 31.1 Å². The highest BCUT2D eigenvalue weighted by atomic mass is 19.4. The van der Waals surface area contributed by atoms with Gasteiger partial charge in [-0.25, -0.2) is 4.79 Å². The molecule has 1 aliphatic heterocycles. The molecular formula is C23H22F3N5O. The fraction of sp³-hybridized carbons (Fsp3) is 0.304. The monoisotopic (exact) mass is 441 g/mol. The number of pyridine rings is 1. The normalized spacial score (nSPS) is 15.1. The molecule has 1 fully saturated rings. The summed E-state index contributed by atoms with van der Waals surface area (Å²) in [5.41, 5.74) is 1.04. The van der Waals surface area contributed by atoms with Crippen molar-refractivity contribution in [3.8, 4) is 5.69 Å². The SMILES string of the molecule is CCn1c(=O)n(-c2ccc(N3CCNCC3)c(C(F)(F)F)c2)c2c3ccccc3ncc21. The van der Waals surface area contributed by atoms with Gasteiger partial charge in [0, 0.05) is 43.8 Å². The Morgan fingerprint density at radius 2 is 1.84 bits per heavy atom. The van der Waals surface area contributed by atoms with Gasteiger partial charge in [0.05, 0.1) is 34.0 Å². The molecule has 2 aromatic carbocycles. The van der Waals surface area contributed by atoms with Gasteiger partial charge in [-0.15, -0.1) is 0 Å². The third-order valence-corrected chi connectivity index (χ3v) is 5.98. The number of aryl methyl sites for hydroxylation is 1. The summed E-state index contributed by atoms with van der Waals surface area (Å²) in [6, 6.07) is 11.5. The van der Waals surface area contributed by atoms with E-state index >= 15 is 0 Å². The van der Waals surface area contributed by atoms with Crippen LogP contribution in [0.2, 0.25) is 0 Å². The maximum absolute atomic E-state index is 14.1. The molecule has 32 heavy (non-hydrogen) atoms. The topological polar surface area (TPSA) is 55.1 Å². The third kappa shape index (κ3) is 3.24. The number of nitrogens with one attached hydrogen (secondary N) is 1. The number of nitrogens with zero attached hydrogens (tertiary/aromatic N) is 4. The van der Waals surface area contributed by atoms with Gasteiger partial charge in [-0.3, -0.25) is 14.1 Å². The number of hydrogen-bond acceptors (Lipinski definition) is 4. The first kappa shape index (κ1) is 20.6. The first-order valence-electron chi connectivity index (χ1n) is 10.6. The van der Waals surface area contributed by atoms with E-state index in [2.05, 4.69) is 10.3 Å². The minimum absolute atomic E-state index is 0.140. The lowest BCUT2D eigenvalue weighted by Crippen LogP contribution is -2.44. The molecule has 6 nitrogen and oxygen atoms in total. The van der Waals surface area contributed by atoms with E-state index in [0.29, 0.717) is 54.7 Å². The van der Waals surface area contributed by atoms with Gasteiger partial charge in [0.25, 0.3) is 0 Å².